The Hall–Kier alpha value is -1.50. The number of carbonyl (C=O) groups excluding carboxylic acids is 4. The van der Waals surface area contributed by atoms with Crippen LogP contribution in [-0.2, 0) is 19.2 Å². The van der Waals surface area contributed by atoms with E-state index in [1.807, 2.05) is 9.80 Å². The summed E-state index contributed by atoms with van der Waals surface area (Å²) in [7, 11) is 0. The lowest BCUT2D eigenvalue weighted by atomic mass is 10.1. The zero-order chi connectivity index (χ0) is 25.7. The van der Waals surface area contributed by atoms with Gasteiger partial charge in [0, 0.05) is 52.1 Å². The first-order chi connectivity index (χ1) is 17.4. The molecule has 0 unspecified atom stereocenters. The van der Waals surface area contributed by atoms with E-state index in [1.54, 1.807) is 0 Å². The van der Waals surface area contributed by atoms with E-state index in [-0.39, 0.29) is 23.6 Å². The molecule has 8 nitrogen and oxygen atoms in total. The molecule has 4 heterocycles. The van der Waals surface area contributed by atoms with Crippen molar-refractivity contribution in [3.05, 3.63) is 9.81 Å². The fourth-order valence-electron chi connectivity index (χ4n) is 4.84. The van der Waals surface area contributed by atoms with Crippen molar-refractivity contribution >= 4 is 80.2 Å². The fourth-order valence-corrected chi connectivity index (χ4v) is 7.61. The smallest absolute Gasteiger partial charge is 0.267 e. The van der Waals surface area contributed by atoms with Gasteiger partial charge in [0.25, 0.3) is 11.8 Å². The van der Waals surface area contributed by atoms with E-state index in [9.17, 15) is 19.2 Å². The number of hydrogen-bond acceptors (Lipinski definition) is 8. The number of nitrogens with zero attached hydrogens (tertiary/aromatic N) is 4. The molecule has 4 fully saturated rings. The van der Waals surface area contributed by atoms with E-state index in [4.69, 9.17) is 24.4 Å². The van der Waals surface area contributed by atoms with E-state index >= 15 is 0 Å². The zero-order valence-corrected chi connectivity index (χ0v) is 23.6. The second kappa shape index (κ2) is 12.8. The Balaban J connectivity index is 1.28. The SMILES string of the molecule is O=C(CCCN1C(=O)/C(=C2\SC(=S)N(CCCC(=O)N3CCCCC3)C2=O)SC1=S)N1CCCCC1. The topological polar surface area (TPSA) is 81.2 Å². The van der Waals surface area contributed by atoms with Crippen LogP contribution in [0.4, 0.5) is 0 Å². The van der Waals surface area contributed by atoms with E-state index in [1.165, 1.54) is 22.6 Å². The highest BCUT2D eigenvalue weighted by molar-refractivity contribution is 8.29. The molecule has 0 aromatic carbocycles. The van der Waals surface area contributed by atoms with Gasteiger partial charge in [-0.2, -0.15) is 0 Å². The maximum atomic E-state index is 13.1. The third-order valence-corrected chi connectivity index (χ3v) is 9.89. The number of thiocarbonyl (C=S) groups is 2. The molecule has 4 amide bonds. The highest BCUT2D eigenvalue weighted by Crippen LogP contribution is 2.42. The van der Waals surface area contributed by atoms with E-state index < -0.39 is 0 Å². The molecule has 12 heteroatoms. The van der Waals surface area contributed by atoms with E-state index in [0.29, 0.717) is 57.2 Å². The summed E-state index contributed by atoms with van der Waals surface area (Å²) < 4.78 is 0.802. The van der Waals surface area contributed by atoms with Crippen molar-refractivity contribution in [2.45, 2.75) is 64.2 Å². The van der Waals surface area contributed by atoms with Gasteiger partial charge in [-0.25, -0.2) is 0 Å². The van der Waals surface area contributed by atoms with Crippen LogP contribution < -0.4 is 0 Å². The number of amides is 4. The first-order valence-corrected chi connectivity index (χ1v) is 15.2. The van der Waals surface area contributed by atoms with Crippen LogP contribution >= 0.6 is 48.0 Å². The molecule has 4 aliphatic heterocycles. The van der Waals surface area contributed by atoms with Crippen LogP contribution in [0.2, 0.25) is 0 Å². The number of piperidine rings is 2. The van der Waals surface area contributed by atoms with Crippen molar-refractivity contribution in [2.75, 3.05) is 39.3 Å². The molecule has 4 rings (SSSR count). The van der Waals surface area contributed by atoms with Gasteiger partial charge in [0.05, 0.1) is 9.81 Å². The molecule has 36 heavy (non-hydrogen) atoms. The molecule has 0 aromatic heterocycles. The van der Waals surface area contributed by atoms with Gasteiger partial charge in [-0.05, 0) is 51.4 Å². The molecule has 0 spiro atoms. The predicted octanol–water partition coefficient (Wildman–Crippen LogP) is 3.50. The van der Waals surface area contributed by atoms with Crippen molar-refractivity contribution in [1.82, 2.24) is 19.6 Å². The summed E-state index contributed by atoms with van der Waals surface area (Å²) in [5.41, 5.74) is 0. The first kappa shape index (κ1) is 27.5. The standard InChI is InChI=1S/C24H32N4O4S4/c29-17(25-11-3-1-4-12-25)9-7-15-27-21(31)19(35-23(27)33)20-22(32)28(24(34)36-20)16-8-10-18(30)26-13-5-2-6-14-26/h1-16H2/b20-19+. The lowest BCUT2D eigenvalue weighted by Gasteiger charge is -2.27. The summed E-state index contributed by atoms with van der Waals surface area (Å²) in [4.78, 5) is 58.5. The van der Waals surface area contributed by atoms with Crippen molar-refractivity contribution in [3.8, 4) is 0 Å². The minimum atomic E-state index is -0.295. The molecule has 0 atom stereocenters. The maximum absolute atomic E-state index is 13.1. The van der Waals surface area contributed by atoms with Gasteiger partial charge in [0.2, 0.25) is 11.8 Å². The molecular weight excluding hydrogens is 537 g/mol. The first-order valence-electron chi connectivity index (χ1n) is 12.7. The van der Waals surface area contributed by atoms with Crippen LogP contribution in [0.3, 0.4) is 0 Å². The summed E-state index contributed by atoms with van der Waals surface area (Å²) in [5, 5.41) is 0. The average molecular weight is 569 g/mol. The predicted molar refractivity (Wildman–Crippen MR) is 150 cm³/mol. The summed E-state index contributed by atoms with van der Waals surface area (Å²) in [6, 6.07) is 0. The third-order valence-electron chi connectivity index (χ3n) is 6.87. The molecule has 4 aliphatic rings. The summed E-state index contributed by atoms with van der Waals surface area (Å²) >= 11 is 13.1. The summed E-state index contributed by atoms with van der Waals surface area (Å²) in [6.45, 7) is 3.96. The van der Waals surface area contributed by atoms with Crippen molar-refractivity contribution in [1.29, 1.82) is 0 Å². The van der Waals surface area contributed by atoms with Gasteiger partial charge >= 0.3 is 0 Å². The summed E-state index contributed by atoms with van der Waals surface area (Å²) in [6.07, 6.45) is 8.35. The van der Waals surface area contributed by atoms with Gasteiger partial charge in [-0.3, -0.25) is 29.0 Å². The average Bonchev–Trinajstić information content (AvgIpc) is 3.34. The minimum absolute atomic E-state index is 0.125. The molecule has 0 bridgehead atoms. The molecule has 0 radical (unpaired) electrons. The van der Waals surface area contributed by atoms with E-state index in [0.717, 1.165) is 75.4 Å². The fraction of sp³-hybridized carbons (Fsp3) is 0.667. The maximum Gasteiger partial charge on any atom is 0.267 e. The molecule has 0 aliphatic carbocycles. The molecular formula is C24H32N4O4S4. The molecule has 0 aromatic rings. The number of thioether (sulfide) groups is 2. The number of rotatable bonds is 8. The Kier molecular flexibility index (Phi) is 9.82. The van der Waals surface area contributed by atoms with Gasteiger partial charge in [-0.1, -0.05) is 48.0 Å². The molecule has 196 valence electrons. The number of hydrogen-bond donors (Lipinski definition) is 0. The Labute approximate surface area is 231 Å². The summed E-state index contributed by atoms with van der Waals surface area (Å²) in [5.74, 6) is -0.341. The van der Waals surface area contributed by atoms with Crippen LogP contribution in [0, 0.1) is 0 Å². The second-order valence-corrected chi connectivity index (χ2v) is 12.7. The largest absolute Gasteiger partial charge is 0.343 e. The van der Waals surface area contributed by atoms with Crippen LogP contribution in [0.15, 0.2) is 9.81 Å². The van der Waals surface area contributed by atoms with Gasteiger partial charge in [0.15, 0.2) is 0 Å². The lowest BCUT2D eigenvalue weighted by Crippen LogP contribution is -2.36. The normalized spacial score (nSPS) is 23.3. The zero-order valence-electron chi connectivity index (χ0n) is 20.4. The van der Waals surface area contributed by atoms with Gasteiger partial charge in [0.1, 0.15) is 8.64 Å². The van der Waals surface area contributed by atoms with Gasteiger partial charge in [-0.15, -0.1) is 0 Å². The van der Waals surface area contributed by atoms with Crippen LogP contribution in [0.5, 0.6) is 0 Å². The Morgan fingerprint density at radius 3 is 1.36 bits per heavy atom. The monoisotopic (exact) mass is 568 g/mol. The van der Waals surface area contributed by atoms with Crippen molar-refractivity contribution in [2.24, 2.45) is 0 Å². The number of carbonyl (C=O) groups is 4. The van der Waals surface area contributed by atoms with E-state index in [2.05, 4.69) is 0 Å². The molecule has 0 saturated carbocycles. The van der Waals surface area contributed by atoms with Crippen LogP contribution in [0.25, 0.3) is 0 Å². The van der Waals surface area contributed by atoms with Crippen LogP contribution in [0.1, 0.15) is 64.2 Å². The van der Waals surface area contributed by atoms with Crippen molar-refractivity contribution in [3.63, 3.8) is 0 Å². The lowest BCUT2D eigenvalue weighted by molar-refractivity contribution is -0.133. The highest BCUT2D eigenvalue weighted by atomic mass is 32.2. The molecule has 4 saturated heterocycles. The van der Waals surface area contributed by atoms with Gasteiger partial charge < -0.3 is 9.80 Å². The highest BCUT2D eigenvalue weighted by Gasteiger charge is 2.41. The Bertz CT molecular complexity index is 897. The molecule has 0 N–H and O–H groups in total. The minimum Gasteiger partial charge on any atom is -0.343 e. The Morgan fingerprint density at radius 2 is 1.00 bits per heavy atom. The quantitative estimate of drug-likeness (QED) is 0.325. The third kappa shape index (κ3) is 6.49. The van der Waals surface area contributed by atoms with Crippen LogP contribution in [-0.4, -0.2) is 91.1 Å². The number of likely N-dealkylation sites (tertiary alicyclic amines) is 2. The Morgan fingerprint density at radius 1 is 0.639 bits per heavy atom. The van der Waals surface area contributed by atoms with Crippen molar-refractivity contribution < 1.29 is 19.2 Å². The second-order valence-electron chi connectivity index (χ2n) is 9.40.